The molecule has 3 rings (SSSR count). The van der Waals surface area contributed by atoms with Gasteiger partial charge >= 0.3 is 0 Å². The van der Waals surface area contributed by atoms with E-state index < -0.39 is 10.0 Å². The Bertz CT molecular complexity index is 648. The largest absolute Gasteiger partial charge is 0.497 e. The van der Waals surface area contributed by atoms with Crippen LogP contribution in [0.3, 0.4) is 0 Å². The molecule has 0 spiro atoms. The third-order valence-electron chi connectivity index (χ3n) is 5.48. The van der Waals surface area contributed by atoms with Crippen LogP contribution in [-0.4, -0.2) is 63.2 Å². The molecule has 1 aromatic carbocycles. The van der Waals surface area contributed by atoms with Crippen LogP contribution in [0.2, 0.25) is 0 Å². The summed E-state index contributed by atoms with van der Waals surface area (Å²) in [4.78, 5) is 2.50. The van der Waals surface area contributed by atoms with E-state index in [0.717, 1.165) is 57.5 Å². The van der Waals surface area contributed by atoms with E-state index in [-0.39, 0.29) is 5.25 Å². The van der Waals surface area contributed by atoms with E-state index in [9.17, 15) is 8.42 Å². The van der Waals surface area contributed by atoms with E-state index in [2.05, 4.69) is 17.0 Å². The highest BCUT2D eigenvalue weighted by Gasteiger charge is 2.39. The minimum Gasteiger partial charge on any atom is -0.497 e. The van der Waals surface area contributed by atoms with E-state index in [4.69, 9.17) is 4.74 Å². The number of ether oxygens (including phenoxy) is 1. The molecule has 0 radical (unpaired) electrons. The summed E-state index contributed by atoms with van der Waals surface area (Å²) in [5, 5.41) is -0.0953. The third-order valence-corrected chi connectivity index (χ3v) is 7.81. The fourth-order valence-corrected chi connectivity index (χ4v) is 5.22. The monoisotopic (exact) mass is 366 g/mol. The summed E-state index contributed by atoms with van der Waals surface area (Å²) in [6, 6.07) is 8.28. The average Bonchev–Trinajstić information content (AvgIpc) is 3.47. The third kappa shape index (κ3) is 4.96. The highest BCUT2D eigenvalue weighted by atomic mass is 32.2. The highest BCUT2D eigenvalue weighted by Crippen LogP contribution is 2.31. The van der Waals surface area contributed by atoms with Gasteiger partial charge in [0.15, 0.2) is 0 Å². The lowest BCUT2D eigenvalue weighted by Crippen LogP contribution is -2.40. The summed E-state index contributed by atoms with van der Waals surface area (Å²) in [6.45, 7) is 3.89. The van der Waals surface area contributed by atoms with Crippen molar-refractivity contribution in [3.8, 4) is 5.75 Å². The first-order chi connectivity index (χ1) is 12.0. The second-order valence-electron chi connectivity index (χ2n) is 7.41. The van der Waals surface area contributed by atoms with Gasteiger partial charge in [0.05, 0.1) is 12.4 Å². The van der Waals surface area contributed by atoms with Crippen LogP contribution in [0.5, 0.6) is 5.75 Å². The quantitative estimate of drug-likeness (QED) is 0.709. The standard InChI is InChI=1S/C19H30N2O3S/c1-20(25(22,23)19-7-8-19)15-17-10-13-21(14-11-17)12-9-16-3-5-18(24-2)6-4-16/h3-6,17,19H,7-15H2,1-2H3. The van der Waals surface area contributed by atoms with Crippen molar-refractivity contribution in [2.24, 2.45) is 5.92 Å². The molecule has 5 nitrogen and oxygen atoms in total. The molecule has 2 aliphatic rings. The van der Waals surface area contributed by atoms with Crippen LogP contribution in [0.25, 0.3) is 0 Å². The second kappa shape index (κ2) is 8.06. The number of likely N-dealkylation sites (tertiary alicyclic amines) is 1. The Morgan fingerprint density at radius 3 is 2.32 bits per heavy atom. The number of sulfonamides is 1. The Morgan fingerprint density at radius 1 is 1.12 bits per heavy atom. The zero-order chi connectivity index (χ0) is 17.9. The minimum absolute atomic E-state index is 0.0953. The van der Waals surface area contributed by atoms with Gasteiger partial charge in [0, 0.05) is 20.1 Å². The lowest BCUT2D eigenvalue weighted by Gasteiger charge is -2.33. The maximum atomic E-state index is 12.2. The first kappa shape index (κ1) is 18.7. The summed E-state index contributed by atoms with van der Waals surface area (Å²) >= 11 is 0. The Hall–Kier alpha value is -1.11. The Kier molecular flexibility index (Phi) is 6.02. The summed E-state index contributed by atoms with van der Waals surface area (Å²) in [6.07, 6.45) is 4.91. The van der Waals surface area contributed by atoms with Crippen LogP contribution in [0.15, 0.2) is 24.3 Å². The summed E-state index contributed by atoms with van der Waals surface area (Å²) in [7, 11) is 0.419. The second-order valence-corrected chi connectivity index (χ2v) is 9.73. The van der Waals surface area contributed by atoms with Crippen molar-refractivity contribution in [1.82, 2.24) is 9.21 Å². The van der Waals surface area contributed by atoms with Crippen molar-refractivity contribution in [2.45, 2.75) is 37.4 Å². The smallest absolute Gasteiger partial charge is 0.216 e. The number of hydrogen-bond acceptors (Lipinski definition) is 4. The van der Waals surface area contributed by atoms with Crippen molar-refractivity contribution < 1.29 is 13.2 Å². The van der Waals surface area contributed by atoms with Crippen LogP contribution < -0.4 is 4.74 Å². The molecule has 2 fully saturated rings. The van der Waals surface area contributed by atoms with Gasteiger partial charge < -0.3 is 9.64 Å². The van der Waals surface area contributed by atoms with Crippen molar-refractivity contribution in [3.05, 3.63) is 29.8 Å². The van der Waals surface area contributed by atoms with Crippen molar-refractivity contribution in [2.75, 3.05) is 40.3 Å². The lowest BCUT2D eigenvalue weighted by atomic mass is 9.96. The normalized spacial score (nSPS) is 20.1. The predicted molar refractivity (Wildman–Crippen MR) is 100 cm³/mol. The van der Waals surface area contributed by atoms with Gasteiger partial charge in [0.1, 0.15) is 5.75 Å². The van der Waals surface area contributed by atoms with Gasteiger partial charge in [-0.05, 0) is 68.8 Å². The van der Waals surface area contributed by atoms with Gasteiger partial charge in [-0.2, -0.15) is 0 Å². The van der Waals surface area contributed by atoms with Gasteiger partial charge in [-0.3, -0.25) is 0 Å². The molecule has 140 valence electrons. The SMILES string of the molecule is COc1ccc(CCN2CCC(CN(C)S(=O)(=O)C3CC3)CC2)cc1. The fourth-order valence-electron chi connectivity index (χ4n) is 3.56. The molecule has 0 N–H and O–H groups in total. The minimum atomic E-state index is -3.02. The van der Waals surface area contributed by atoms with Crippen molar-refractivity contribution in [3.63, 3.8) is 0 Å². The van der Waals surface area contributed by atoms with Gasteiger partial charge in [0.2, 0.25) is 10.0 Å². The van der Waals surface area contributed by atoms with Crippen molar-refractivity contribution in [1.29, 1.82) is 0 Å². The number of methoxy groups -OCH3 is 1. The molecule has 6 heteroatoms. The molecular formula is C19H30N2O3S. The number of benzene rings is 1. The van der Waals surface area contributed by atoms with Crippen LogP contribution in [0, 0.1) is 5.92 Å². The zero-order valence-corrected chi connectivity index (χ0v) is 16.2. The van der Waals surface area contributed by atoms with Gasteiger partial charge in [0.25, 0.3) is 0 Å². The molecule has 0 amide bonds. The lowest BCUT2D eigenvalue weighted by molar-refractivity contribution is 0.174. The van der Waals surface area contributed by atoms with Gasteiger partial charge in [-0.15, -0.1) is 0 Å². The van der Waals surface area contributed by atoms with Crippen LogP contribution in [0.4, 0.5) is 0 Å². The van der Waals surface area contributed by atoms with Crippen LogP contribution in [0.1, 0.15) is 31.2 Å². The van der Waals surface area contributed by atoms with Crippen LogP contribution >= 0.6 is 0 Å². The van der Waals surface area contributed by atoms with E-state index >= 15 is 0 Å². The highest BCUT2D eigenvalue weighted by molar-refractivity contribution is 7.90. The molecule has 0 bridgehead atoms. The fraction of sp³-hybridized carbons (Fsp3) is 0.684. The molecule has 25 heavy (non-hydrogen) atoms. The molecule has 0 unspecified atom stereocenters. The average molecular weight is 367 g/mol. The van der Waals surface area contributed by atoms with Gasteiger partial charge in [-0.1, -0.05) is 12.1 Å². The first-order valence-corrected chi connectivity index (χ1v) is 10.8. The topological polar surface area (TPSA) is 49.9 Å². The molecule has 1 aliphatic heterocycles. The molecule has 1 aromatic rings. The maximum Gasteiger partial charge on any atom is 0.216 e. The number of piperidine rings is 1. The number of rotatable bonds is 8. The maximum absolute atomic E-state index is 12.2. The molecule has 1 saturated heterocycles. The molecule has 1 saturated carbocycles. The first-order valence-electron chi connectivity index (χ1n) is 9.29. The van der Waals surface area contributed by atoms with Gasteiger partial charge in [-0.25, -0.2) is 12.7 Å². The van der Waals surface area contributed by atoms with Crippen LogP contribution in [-0.2, 0) is 16.4 Å². The Labute approximate surface area is 152 Å². The molecule has 0 aromatic heterocycles. The summed E-state index contributed by atoms with van der Waals surface area (Å²) < 4.78 is 31.3. The molecule has 1 aliphatic carbocycles. The van der Waals surface area contributed by atoms with E-state index in [1.807, 2.05) is 12.1 Å². The Morgan fingerprint density at radius 2 is 1.76 bits per heavy atom. The van der Waals surface area contributed by atoms with Crippen molar-refractivity contribution >= 4 is 10.0 Å². The van der Waals surface area contributed by atoms with E-state index in [1.54, 1.807) is 18.5 Å². The zero-order valence-electron chi connectivity index (χ0n) is 15.4. The number of hydrogen-bond donors (Lipinski definition) is 0. The Balaban J connectivity index is 1.39. The van der Waals surface area contributed by atoms with E-state index in [1.165, 1.54) is 5.56 Å². The molecular weight excluding hydrogens is 336 g/mol. The summed E-state index contributed by atoms with van der Waals surface area (Å²) in [5.41, 5.74) is 1.33. The predicted octanol–water partition coefficient (Wildman–Crippen LogP) is 2.37. The molecule has 0 atom stereocenters. The number of nitrogens with zero attached hydrogens (tertiary/aromatic N) is 2. The summed E-state index contributed by atoms with van der Waals surface area (Å²) in [5.74, 6) is 1.39. The molecule has 1 heterocycles. The van der Waals surface area contributed by atoms with E-state index in [0.29, 0.717) is 12.5 Å².